The number of amides is 1. The Hall–Kier alpha value is -3.90. The molecule has 2 aromatic heterocycles. The molecule has 1 saturated carbocycles. The van der Waals surface area contributed by atoms with E-state index in [1.165, 1.54) is 13.2 Å². The minimum Gasteiger partial charge on any atom is -0.496 e. The average Bonchev–Trinajstić information content (AvgIpc) is 3.73. The zero-order valence-electron chi connectivity index (χ0n) is 24.3. The summed E-state index contributed by atoms with van der Waals surface area (Å²) in [6.07, 6.45) is 4.24. The number of nitrogens with zero attached hydrogens (tertiary/aromatic N) is 3. The number of aliphatic hydroxyl groups excluding tert-OH is 1. The fourth-order valence-electron chi connectivity index (χ4n) is 5.76. The zero-order chi connectivity index (χ0) is 29.9. The van der Waals surface area contributed by atoms with Crippen LogP contribution in [-0.4, -0.2) is 69.7 Å². The summed E-state index contributed by atoms with van der Waals surface area (Å²) in [5.41, 5.74) is 7.09. The Morgan fingerprint density at radius 3 is 2.84 bits per heavy atom. The average molecular weight is 589 g/mol. The number of pyridine rings is 1. The molecule has 1 unspecified atom stereocenters. The molecule has 2 fully saturated rings. The van der Waals surface area contributed by atoms with Gasteiger partial charge in [-0.15, -0.1) is 0 Å². The standard InChI is InChI=1S/C32H37FN6O4/c1-19-14-21(12-13-34-19)30-24-15-22(8-10-27(24)36-37-30)31(40)35-23-9-11-28(32(41)38-43-18-20-6-7-20)39(16-23)17-25-26(33)4-3-5-29(25)42-2/h3-5,8,10,12-15,20,23,28,32,38,41H,6-7,9,11,16-18H2,1-2H3,(H,35,40)(H,36,37)/t23-,28+,32?/m1/s1. The van der Waals surface area contributed by atoms with Crippen LogP contribution in [0.15, 0.2) is 54.7 Å². The van der Waals surface area contributed by atoms with Crippen LogP contribution in [0.4, 0.5) is 4.39 Å². The summed E-state index contributed by atoms with van der Waals surface area (Å²) in [6, 6.07) is 13.5. The molecule has 4 N–H and O–H groups in total. The van der Waals surface area contributed by atoms with Crippen molar-refractivity contribution in [2.24, 2.45) is 5.92 Å². The van der Waals surface area contributed by atoms with Crippen LogP contribution >= 0.6 is 0 Å². The first-order chi connectivity index (χ1) is 20.9. The number of nitrogens with one attached hydrogen (secondary N) is 3. The number of methoxy groups -OCH3 is 1. The van der Waals surface area contributed by atoms with Crippen molar-refractivity contribution in [1.82, 2.24) is 30.9 Å². The first kappa shape index (κ1) is 29.2. The maximum atomic E-state index is 14.9. The number of hydrogen-bond acceptors (Lipinski definition) is 8. The summed E-state index contributed by atoms with van der Waals surface area (Å²) in [6.45, 7) is 3.08. The third-order valence-electron chi connectivity index (χ3n) is 8.31. The van der Waals surface area contributed by atoms with E-state index in [9.17, 15) is 14.3 Å². The lowest BCUT2D eigenvalue weighted by molar-refractivity contribution is -0.105. The van der Waals surface area contributed by atoms with Crippen LogP contribution < -0.4 is 15.5 Å². The van der Waals surface area contributed by atoms with Gasteiger partial charge < -0.3 is 15.2 Å². The number of carbonyl (C=O) groups is 1. The van der Waals surface area contributed by atoms with Crippen LogP contribution in [0, 0.1) is 18.7 Å². The molecule has 43 heavy (non-hydrogen) atoms. The topological polar surface area (TPSA) is 125 Å². The highest BCUT2D eigenvalue weighted by atomic mass is 19.1. The third-order valence-corrected chi connectivity index (χ3v) is 8.31. The van der Waals surface area contributed by atoms with Crippen molar-refractivity contribution in [2.75, 3.05) is 20.3 Å². The van der Waals surface area contributed by atoms with Gasteiger partial charge in [0.05, 0.1) is 25.3 Å². The van der Waals surface area contributed by atoms with E-state index < -0.39 is 6.23 Å². The zero-order valence-corrected chi connectivity index (χ0v) is 24.3. The Morgan fingerprint density at radius 2 is 2.05 bits per heavy atom. The molecule has 226 valence electrons. The molecule has 11 heteroatoms. The second-order valence-corrected chi connectivity index (χ2v) is 11.5. The van der Waals surface area contributed by atoms with Crippen molar-refractivity contribution in [1.29, 1.82) is 0 Å². The lowest BCUT2D eigenvalue weighted by Gasteiger charge is -2.42. The molecule has 0 bridgehead atoms. The molecular weight excluding hydrogens is 551 g/mol. The number of rotatable bonds is 11. The van der Waals surface area contributed by atoms with Gasteiger partial charge in [0, 0.05) is 53.1 Å². The van der Waals surface area contributed by atoms with Crippen molar-refractivity contribution in [3.63, 3.8) is 0 Å². The molecule has 0 radical (unpaired) electrons. The molecule has 1 aliphatic carbocycles. The highest BCUT2D eigenvalue weighted by Gasteiger charge is 2.35. The van der Waals surface area contributed by atoms with Gasteiger partial charge in [0.1, 0.15) is 23.5 Å². The summed E-state index contributed by atoms with van der Waals surface area (Å²) in [7, 11) is 1.51. The van der Waals surface area contributed by atoms with Crippen molar-refractivity contribution < 1.29 is 23.9 Å². The monoisotopic (exact) mass is 588 g/mol. The second-order valence-electron chi connectivity index (χ2n) is 11.5. The molecule has 4 aromatic rings. The van der Waals surface area contributed by atoms with Crippen molar-refractivity contribution >= 4 is 16.8 Å². The lowest BCUT2D eigenvalue weighted by Crippen LogP contribution is -2.57. The molecule has 2 aliphatic rings. The van der Waals surface area contributed by atoms with E-state index in [1.54, 1.807) is 24.4 Å². The van der Waals surface area contributed by atoms with Gasteiger partial charge in [0.2, 0.25) is 0 Å². The minimum absolute atomic E-state index is 0.198. The van der Waals surface area contributed by atoms with Gasteiger partial charge in [-0.05, 0) is 81.0 Å². The molecular formula is C32H37FN6O4. The van der Waals surface area contributed by atoms with Crippen molar-refractivity contribution in [2.45, 2.75) is 57.5 Å². The molecule has 1 aliphatic heterocycles. The number of hydroxylamine groups is 1. The van der Waals surface area contributed by atoms with Gasteiger partial charge in [-0.25, -0.2) is 4.39 Å². The number of piperidine rings is 1. The SMILES string of the molecule is COc1cccc(F)c1CN1C[C@H](NC(=O)c2ccc3[nH]nc(-c4ccnc(C)c4)c3c2)CC[C@H]1C(O)NOCC1CC1. The number of ether oxygens (including phenoxy) is 1. The molecule has 2 aromatic carbocycles. The van der Waals surface area contributed by atoms with Gasteiger partial charge in [0.25, 0.3) is 5.91 Å². The highest BCUT2D eigenvalue weighted by Crippen LogP contribution is 2.31. The normalized spacial score (nSPS) is 19.8. The van der Waals surface area contributed by atoms with E-state index >= 15 is 0 Å². The van der Waals surface area contributed by atoms with E-state index in [-0.39, 0.29) is 30.4 Å². The summed E-state index contributed by atoms with van der Waals surface area (Å²) in [5.74, 6) is 0.380. The Bertz CT molecular complexity index is 1590. The Balaban J connectivity index is 1.19. The number of aryl methyl sites for hydroxylation is 1. The first-order valence-electron chi connectivity index (χ1n) is 14.7. The van der Waals surface area contributed by atoms with Crippen LogP contribution in [0.3, 0.4) is 0 Å². The second kappa shape index (κ2) is 12.8. The number of H-pyrrole nitrogens is 1. The number of halogens is 1. The number of aromatic nitrogens is 3. The van der Waals surface area contributed by atoms with Gasteiger partial charge in [-0.1, -0.05) is 6.07 Å². The van der Waals surface area contributed by atoms with Crippen LogP contribution in [0.2, 0.25) is 0 Å². The molecule has 3 heterocycles. The first-order valence-corrected chi connectivity index (χ1v) is 14.7. The summed E-state index contributed by atoms with van der Waals surface area (Å²) in [4.78, 5) is 25.3. The van der Waals surface area contributed by atoms with Crippen LogP contribution in [0.25, 0.3) is 22.2 Å². The predicted molar refractivity (Wildman–Crippen MR) is 160 cm³/mol. The molecule has 0 spiro atoms. The number of hydrogen-bond donors (Lipinski definition) is 4. The molecule has 1 saturated heterocycles. The largest absolute Gasteiger partial charge is 0.496 e. The van der Waals surface area contributed by atoms with Crippen LogP contribution in [0.5, 0.6) is 5.75 Å². The molecule has 1 amide bonds. The maximum Gasteiger partial charge on any atom is 0.251 e. The summed E-state index contributed by atoms with van der Waals surface area (Å²) < 4.78 is 20.4. The predicted octanol–water partition coefficient (Wildman–Crippen LogP) is 4.09. The molecule has 6 rings (SSSR count). The number of carbonyl (C=O) groups excluding carboxylic acids is 1. The number of likely N-dealkylation sites (tertiary alicyclic amines) is 1. The third kappa shape index (κ3) is 6.70. The fourth-order valence-corrected chi connectivity index (χ4v) is 5.76. The fraction of sp³-hybridized carbons (Fsp3) is 0.406. The van der Waals surface area contributed by atoms with Crippen LogP contribution in [0.1, 0.15) is 47.3 Å². The lowest BCUT2D eigenvalue weighted by atomic mass is 9.95. The van der Waals surface area contributed by atoms with Crippen molar-refractivity contribution in [3.05, 3.63) is 77.4 Å². The van der Waals surface area contributed by atoms with Gasteiger partial charge in [-0.2, -0.15) is 10.6 Å². The van der Waals surface area contributed by atoms with E-state index in [4.69, 9.17) is 9.57 Å². The smallest absolute Gasteiger partial charge is 0.251 e. The number of benzene rings is 2. The van der Waals surface area contributed by atoms with Crippen molar-refractivity contribution in [3.8, 4) is 17.0 Å². The van der Waals surface area contributed by atoms with E-state index in [1.807, 2.05) is 36.1 Å². The van der Waals surface area contributed by atoms with Gasteiger partial charge >= 0.3 is 0 Å². The number of aromatic amines is 1. The van der Waals surface area contributed by atoms with E-state index in [2.05, 4.69) is 26.0 Å². The van der Waals surface area contributed by atoms with Crippen LogP contribution in [-0.2, 0) is 11.4 Å². The van der Waals surface area contributed by atoms with Gasteiger partial charge in [0.15, 0.2) is 0 Å². The minimum atomic E-state index is -0.980. The Labute approximate surface area is 249 Å². The Morgan fingerprint density at radius 1 is 1.19 bits per heavy atom. The van der Waals surface area contributed by atoms with Gasteiger partial charge in [-0.3, -0.25) is 24.6 Å². The quantitative estimate of drug-likeness (QED) is 0.153. The summed E-state index contributed by atoms with van der Waals surface area (Å²) in [5, 5.41) is 22.5. The molecule has 3 atom stereocenters. The molecule has 10 nitrogen and oxygen atoms in total. The highest BCUT2D eigenvalue weighted by molar-refractivity contribution is 6.01. The van der Waals surface area contributed by atoms with E-state index in [0.717, 1.165) is 40.7 Å². The Kier molecular flexibility index (Phi) is 8.66. The number of aliphatic hydroxyl groups is 1. The summed E-state index contributed by atoms with van der Waals surface area (Å²) >= 11 is 0. The number of fused-ring (bicyclic) bond motifs is 1. The maximum absolute atomic E-state index is 14.9. The van der Waals surface area contributed by atoms with E-state index in [0.29, 0.717) is 48.8 Å².